The summed E-state index contributed by atoms with van der Waals surface area (Å²) < 4.78 is 7.27. The summed E-state index contributed by atoms with van der Waals surface area (Å²) in [6, 6.07) is 0. The second kappa shape index (κ2) is 7.32. The second-order valence-electron chi connectivity index (χ2n) is 6.06. The molecule has 0 spiro atoms. The van der Waals surface area contributed by atoms with Gasteiger partial charge in [0.25, 0.3) is 11.5 Å². The van der Waals surface area contributed by atoms with Crippen molar-refractivity contribution in [2.75, 3.05) is 38.2 Å². The van der Waals surface area contributed by atoms with Crippen molar-refractivity contribution in [2.45, 2.75) is 13.0 Å². The van der Waals surface area contributed by atoms with Gasteiger partial charge in [0.05, 0.1) is 23.9 Å². The molecule has 3 rings (SSSR count). The van der Waals surface area contributed by atoms with E-state index in [4.69, 9.17) is 4.74 Å². The number of aromatic nitrogens is 3. The first-order valence-corrected chi connectivity index (χ1v) is 8.89. The van der Waals surface area contributed by atoms with Gasteiger partial charge in [-0.2, -0.15) is 0 Å². The molecule has 2 aromatic heterocycles. The van der Waals surface area contributed by atoms with Crippen LogP contribution in [0.15, 0.2) is 22.7 Å². The first-order valence-electron chi connectivity index (χ1n) is 8.01. The molecule has 2 aromatic rings. The molecule has 1 atom stereocenters. The Morgan fingerprint density at radius 3 is 3.00 bits per heavy atom. The highest BCUT2D eigenvalue weighted by molar-refractivity contribution is 7.11. The molecule has 0 saturated carbocycles. The Kier molecular flexibility index (Phi) is 5.14. The minimum absolute atomic E-state index is 0.00953. The third-order valence-corrected chi connectivity index (χ3v) is 5.12. The number of likely N-dealkylation sites (N-methyl/N-ethyl adjacent to an activating group) is 1. The summed E-state index contributed by atoms with van der Waals surface area (Å²) in [6.45, 7) is 3.84. The van der Waals surface area contributed by atoms with E-state index >= 15 is 0 Å². The zero-order chi connectivity index (χ0) is 18.0. The zero-order valence-corrected chi connectivity index (χ0v) is 15.3. The summed E-state index contributed by atoms with van der Waals surface area (Å²) in [5.41, 5.74) is 2.28. The predicted molar refractivity (Wildman–Crippen MR) is 95.2 cm³/mol. The van der Waals surface area contributed by atoms with Gasteiger partial charge in [-0.1, -0.05) is 0 Å². The summed E-state index contributed by atoms with van der Waals surface area (Å²) in [5, 5.41) is 0. The van der Waals surface area contributed by atoms with E-state index in [1.807, 2.05) is 6.92 Å². The summed E-state index contributed by atoms with van der Waals surface area (Å²) in [6.07, 6.45) is 3.04. The van der Waals surface area contributed by atoms with Gasteiger partial charge in [-0.05, 0) is 6.92 Å². The molecule has 0 bridgehead atoms. The van der Waals surface area contributed by atoms with Crippen LogP contribution in [-0.4, -0.2) is 64.7 Å². The predicted octanol–water partition coefficient (Wildman–Crippen LogP) is 0.523. The molecule has 0 unspecified atom stereocenters. The van der Waals surface area contributed by atoms with Crippen molar-refractivity contribution < 1.29 is 9.53 Å². The number of amides is 1. The van der Waals surface area contributed by atoms with Gasteiger partial charge in [-0.25, -0.2) is 9.97 Å². The molecule has 1 amide bonds. The highest BCUT2D eigenvalue weighted by Gasteiger charge is 2.28. The first kappa shape index (κ1) is 17.6. The van der Waals surface area contributed by atoms with Gasteiger partial charge >= 0.3 is 0 Å². The molecular formula is C16H21N5O3S. The highest BCUT2D eigenvalue weighted by atomic mass is 32.1. The second-order valence-corrected chi connectivity index (χ2v) is 6.91. The minimum atomic E-state index is -0.178. The molecule has 1 saturated heterocycles. The Morgan fingerprint density at radius 2 is 2.28 bits per heavy atom. The number of carbonyl (C=O) groups is 1. The fourth-order valence-corrected chi connectivity index (χ4v) is 3.57. The van der Waals surface area contributed by atoms with Crippen molar-refractivity contribution in [2.24, 2.45) is 7.05 Å². The van der Waals surface area contributed by atoms with Crippen LogP contribution >= 0.6 is 11.3 Å². The van der Waals surface area contributed by atoms with Crippen LogP contribution in [0.4, 0.5) is 5.82 Å². The van der Waals surface area contributed by atoms with Crippen molar-refractivity contribution in [1.82, 2.24) is 19.4 Å². The Bertz CT molecular complexity index is 818. The third-order valence-electron chi connectivity index (χ3n) is 4.20. The smallest absolute Gasteiger partial charge is 0.293 e. The number of rotatable bonds is 4. The van der Waals surface area contributed by atoms with Crippen LogP contribution in [0.1, 0.15) is 15.4 Å². The van der Waals surface area contributed by atoms with E-state index in [2.05, 4.69) is 9.97 Å². The number of thiazole rings is 1. The summed E-state index contributed by atoms with van der Waals surface area (Å²) in [5.74, 6) is 0.361. The SMILES string of the molecule is Cc1ncsc1C(=O)N1CCO[C@@H](CN(C)c2nccn(C)c2=O)C1. The van der Waals surface area contributed by atoms with Crippen molar-refractivity contribution in [1.29, 1.82) is 0 Å². The number of hydrogen-bond donors (Lipinski definition) is 0. The molecule has 8 nitrogen and oxygen atoms in total. The standard InChI is InChI=1S/C16H21N5O3S/c1-11-13(25-10-18-11)15(22)21-6-7-24-12(9-21)8-20(3)14-16(23)19(2)5-4-17-14/h4-5,10,12H,6-9H2,1-3H3/t12-/m0/s1. The average Bonchev–Trinajstić information content (AvgIpc) is 3.03. The van der Waals surface area contributed by atoms with Crippen LogP contribution < -0.4 is 10.5 Å². The molecule has 134 valence electrons. The van der Waals surface area contributed by atoms with Gasteiger partial charge in [-0.3, -0.25) is 9.59 Å². The number of hydrogen-bond acceptors (Lipinski definition) is 7. The minimum Gasteiger partial charge on any atom is -0.373 e. The molecular weight excluding hydrogens is 342 g/mol. The number of carbonyl (C=O) groups excluding carboxylic acids is 1. The molecule has 0 radical (unpaired) electrons. The van der Waals surface area contributed by atoms with Crippen LogP contribution in [0.2, 0.25) is 0 Å². The van der Waals surface area contributed by atoms with Crippen LogP contribution in [0, 0.1) is 6.92 Å². The van der Waals surface area contributed by atoms with Crippen LogP contribution in [0.25, 0.3) is 0 Å². The summed E-state index contributed by atoms with van der Waals surface area (Å²) >= 11 is 1.36. The van der Waals surface area contributed by atoms with Crippen molar-refractivity contribution in [3.63, 3.8) is 0 Å². The van der Waals surface area contributed by atoms with Gasteiger partial charge in [0.1, 0.15) is 4.88 Å². The van der Waals surface area contributed by atoms with Gasteiger partial charge in [0.2, 0.25) is 0 Å². The van der Waals surface area contributed by atoms with E-state index in [9.17, 15) is 9.59 Å². The fourth-order valence-electron chi connectivity index (χ4n) is 2.80. The fraction of sp³-hybridized carbons (Fsp3) is 0.500. The summed E-state index contributed by atoms with van der Waals surface area (Å²) in [7, 11) is 3.50. The number of morpholine rings is 1. The van der Waals surface area contributed by atoms with E-state index < -0.39 is 0 Å². The quantitative estimate of drug-likeness (QED) is 0.788. The molecule has 1 aliphatic rings. The highest BCUT2D eigenvalue weighted by Crippen LogP contribution is 2.18. The number of anilines is 1. The molecule has 9 heteroatoms. The van der Waals surface area contributed by atoms with Crippen LogP contribution in [0.5, 0.6) is 0 Å². The molecule has 1 fully saturated rings. The maximum absolute atomic E-state index is 12.6. The molecule has 1 aliphatic heterocycles. The van der Waals surface area contributed by atoms with Crippen LogP contribution in [-0.2, 0) is 11.8 Å². The number of ether oxygens (including phenoxy) is 1. The first-order chi connectivity index (χ1) is 12.0. The number of nitrogens with zero attached hydrogens (tertiary/aromatic N) is 5. The summed E-state index contributed by atoms with van der Waals surface area (Å²) in [4.78, 5) is 37.4. The molecule has 0 aliphatic carbocycles. The Balaban J connectivity index is 1.67. The van der Waals surface area contributed by atoms with E-state index in [1.165, 1.54) is 15.9 Å². The lowest BCUT2D eigenvalue weighted by molar-refractivity contribution is -0.0170. The lowest BCUT2D eigenvalue weighted by atomic mass is 10.2. The Morgan fingerprint density at radius 1 is 1.48 bits per heavy atom. The third kappa shape index (κ3) is 3.72. The van der Waals surface area contributed by atoms with E-state index in [0.29, 0.717) is 36.9 Å². The lowest BCUT2D eigenvalue weighted by Gasteiger charge is -2.34. The zero-order valence-electron chi connectivity index (χ0n) is 14.5. The lowest BCUT2D eigenvalue weighted by Crippen LogP contribution is -2.49. The van der Waals surface area contributed by atoms with E-state index in [0.717, 1.165) is 5.69 Å². The van der Waals surface area contributed by atoms with E-state index in [-0.39, 0.29) is 17.6 Å². The normalized spacial score (nSPS) is 17.6. The molecule has 0 aromatic carbocycles. The van der Waals surface area contributed by atoms with Gasteiger partial charge in [0, 0.05) is 46.1 Å². The van der Waals surface area contributed by atoms with Crippen molar-refractivity contribution in [3.8, 4) is 0 Å². The monoisotopic (exact) mass is 363 g/mol. The maximum Gasteiger partial charge on any atom is 0.293 e. The number of aryl methyl sites for hydroxylation is 2. The average molecular weight is 363 g/mol. The van der Waals surface area contributed by atoms with Crippen LogP contribution in [0.3, 0.4) is 0 Å². The van der Waals surface area contributed by atoms with Gasteiger partial charge in [0.15, 0.2) is 5.82 Å². The Labute approximate surface area is 149 Å². The van der Waals surface area contributed by atoms with Gasteiger partial charge < -0.3 is 19.1 Å². The van der Waals surface area contributed by atoms with E-state index in [1.54, 1.807) is 41.8 Å². The maximum atomic E-state index is 12.6. The molecule has 25 heavy (non-hydrogen) atoms. The molecule has 3 heterocycles. The molecule has 0 N–H and O–H groups in total. The van der Waals surface area contributed by atoms with Gasteiger partial charge in [-0.15, -0.1) is 11.3 Å². The van der Waals surface area contributed by atoms with Crippen molar-refractivity contribution >= 4 is 23.1 Å². The topological polar surface area (TPSA) is 80.6 Å². The largest absolute Gasteiger partial charge is 0.373 e. The van der Waals surface area contributed by atoms with Crippen molar-refractivity contribution in [3.05, 3.63) is 38.8 Å². The Hall–Kier alpha value is -2.26.